The van der Waals surface area contributed by atoms with Crippen LogP contribution in [0.15, 0.2) is 30.3 Å². The number of nitrogens with zero attached hydrogens (tertiary/aromatic N) is 1. The van der Waals surface area contributed by atoms with E-state index in [1.807, 2.05) is 42.2 Å². The monoisotopic (exact) mass is 286 g/mol. The van der Waals surface area contributed by atoms with E-state index in [9.17, 15) is 9.59 Å². The fourth-order valence-corrected chi connectivity index (χ4v) is 3.46. The molecule has 4 nitrogen and oxygen atoms in total. The van der Waals surface area contributed by atoms with Gasteiger partial charge in [0.25, 0.3) is 0 Å². The largest absolute Gasteiger partial charge is 0.356 e. The van der Waals surface area contributed by atoms with Crippen LogP contribution in [-0.2, 0) is 9.59 Å². The third kappa shape index (κ3) is 2.80. The number of likely N-dealkylation sites (tertiary alicyclic amines) is 1. The molecular weight excluding hydrogens is 264 g/mol. The number of rotatable bonds is 2. The Morgan fingerprint density at radius 2 is 1.90 bits per heavy atom. The molecule has 2 aliphatic heterocycles. The third-order valence-corrected chi connectivity index (χ3v) is 5.00. The zero-order valence-electron chi connectivity index (χ0n) is 12.5. The molecule has 0 aliphatic carbocycles. The van der Waals surface area contributed by atoms with E-state index >= 15 is 0 Å². The van der Waals surface area contributed by atoms with E-state index in [0.717, 1.165) is 38.0 Å². The molecule has 0 bridgehead atoms. The molecule has 0 saturated carbocycles. The lowest BCUT2D eigenvalue weighted by Crippen LogP contribution is -2.45. The maximum absolute atomic E-state index is 12.6. The molecule has 1 atom stereocenters. The summed E-state index contributed by atoms with van der Waals surface area (Å²) in [6.07, 6.45) is 2.49. The first kappa shape index (κ1) is 14.1. The van der Waals surface area contributed by atoms with Crippen LogP contribution in [0.4, 0.5) is 0 Å². The van der Waals surface area contributed by atoms with Crippen molar-refractivity contribution in [1.82, 2.24) is 10.2 Å². The van der Waals surface area contributed by atoms with Crippen LogP contribution in [0.3, 0.4) is 0 Å². The van der Waals surface area contributed by atoms with Gasteiger partial charge in [0, 0.05) is 26.1 Å². The molecule has 0 aromatic heterocycles. The highest BCUT2D eigenvalue weighted by Gasteiger charge is 2.42. The third-order valence-electron chi connectivity index (χ3n) is 5.00. The first-order chi connectivity index (χ1) is 10.1. The van der Waals surface area contributed by atoms with Crippen molar-refractivity contribution in [2.24, 2.45) is 5.41 Å². The molecule has 2 amide bonds. The van der Waals surface area contributed by atoms with Crippen molar-refractivity contribution in [2.45, 2.75) is 32.1 Å². The van der Waals surface area contributed by atoms with Gasteiger partial charge < -0.3 is 10.2 Å². The van der Waals surface area contributed by atoms with Gasteiger partial charge in [0.15, 0.2) is 0 Å². The predicted octanol–water partition coefficient (Wildman–Crippen LogP) is 1.92. The summed E-state index contributed by atoms with van der Waals surface area (Å²) >= 11 is 0. The highest BCUT2D eigenvalue weighted by Crippen LogP contribution is 2.38. The second kappa shape index (κ2) is 5.51. The Balaban J connectivity index is 1.62. The summed E-state index contributed by atoms with van der Waals surface area (Å²) in [5, 5.41) is 2.93. The van der Waals surface area contributed by atoms with Crippen molar-refractivity contribution in [1.29, 1.82) is 0 Å². The molecule has 1 aromatic rings. The van der Waals surface area contributed by atoms with E-state index in [1.165, 1.54) is 0 Å². The Labute approximate surface area is 125 Å². The summed E-state index contributed by atoms with van der Waals surface area (Å²) in [4.78, 5) is 26.0. The topological polar surface area (TPSA) is 49.4 Å². The van der Waals surface area contributed by atoms with E-state index in [2.05, 4.69) is 5.32 Å². The first-order valence-corrected chi connectivity index (χ1v) is 7.70. The minimum Gasteiger partial charge on any atom is -0.356 e. The maximum atomic E-state index is 12.6. The van der Waals surface area contributed by atoms with Gasteiger partial charge in [0.05, 0.1) is 5.92 Å². The lowest BCUT2D eigenvalue weighted by atomic mass is 9.77. The normalized spacial score (nSPS) is 22.1. The summed E-state index contributed by atoms with van der Waals surface area (Å²) in [6, 6.07) is 9.93. The Morgan fingerprint density at radius 1 is 1.24 bits per heavy atom. The van der Waals surface area contributed by atoms with Gasteiger partial charge >= 0.3 is 0 Å². The molecule has 1 spiro atoms. The standard InChI is InChI=1S/C17H22N2O2/c1-13(14-5-3-2-4-6-14)16(21)19-9-7-17(8-10-19)11-15(20)18-12-17/h2-6,13H,7-12H2,1H3,(H,18,20). The second-order valence-corrected chi connectivity index (χ2v) is 6.41. The molecular formula is C17H22N2O2. The average Bonchev–Trinajstić information content (AvgIpc) is 2.88. The molecule has 1 aromatic carbocycles. The van der Waals surface area contributed by atoms with Gasteiger partial charge in [0.2, 0.25) is 11.8 Å². The second-order valence-electron chi connectivity index (χ2n) is 6.41. The van der Waals surface area contributed by atoms with Crippen molar-refractivity contribution < 1.29 is 9.59 Å². The minimum atomic E-state index is -0.0939. The number of nitrogens with one attached hydrogen (secondary N) is 1. The van der Waals surface area contributed by atoms with Gasteiger partial charge in [-0.3, -0.25) is 9.59 Å². The van der Waals surface area contributed by atoms with E-state index < -0.39 is 0 Å². The lowest BCUT2D eigenvalue weighted by molar-refractivity contribution is -0.134. The summed E-state index contributed by atoms with van der Waals surface area (Å²) in [5.41, 5.74) is 1.17. The fourth-order valence-electron chi connectivity index (χ4n) is 3.46. The lowest BCUT2D eigenvalue weighted by Gasteiger charge is -2.39. The quantitative estimate of drug-likeness (QED) is 0.903. The van der Waals surface area contributed by atoms with Crippen LogP contribution in [-0.4, -0.2) is 36.3 Å². The molecule has 3 rings (SSSR count). The Bertz CT molecular complexity index is 533. The summed E-state index contributed by atoms with van der Waals surface area (Å²) < 4.78 is 0. The van der Waals surface area contributed by atoms with Gasteiger partial charge in [-0.05, 0) is 30.7 Å². The Hall–Kier alpha value is -1.84. The highest BCUT2D eigenvalue weighted by molar-refractivity contribution is 5.83. The van der Waals surface area contributed by atoms with Crippen molar-refractivity contribution >= 4 is 11.8 Å². The number of piperidine rings is 1. The number of amides is 2. The van der Waals surface area contributed by atoms with Crippen molar-refractivity contribution in [2.75, 3.05) is 19.6 Å². The maximum Gasteiger partial charge on any atom is 0.229 e. The zero-order valence-corrected chi connectivity index (χ0v) is 12.5. The van der Waals surface area contributed by atoms with Crippen LogP contribution >= 0.6 is 0 Å². The number of benzene rings is 1. The molecule has 112 valence electrons. The zero-order chi connectivity index (χ0) is 14.9. The van der Waals surface area contributed by atoms with Crippen LogP contribution in [0.25, 0.3) is 0 Å². The molecule has 21 heavy (non-hydrogen) atoms. The van der Waals surface area contributed by atoms with Crippen molar-refractivity contribution in [3.8, 4) is 0 Å². The molecule has 2 heterocycles. The summed E-state index contributed by atoms with van der Waals surface area (Å²) in [5.74, 6) is 0.268. The molecule has 2 fully saturated rings. The van der Waals surface area contributed by atoms with E-state index in [-0.39, 0.29) is 23.1 Å². The van der Waals surface area contributed by atoms with Gasteiger partial charge in [-0.25, -0.2) is 0 Å². The molecule has 4 heteroatoms. The molecule has 2 saturated heterocycles. The van der Waals surface area contributed by atoms with Gasteiger partial charge in [-0.1, -0.05) is 30.3 Å². The van der Waals surface area contributed by atoms with Crippen LogP contribution < -0.4 is 5.32 Å². The Kier molecular flexibility index (Phi) is 3.70. The number of carbonyl (C=O) groups excluding carboxylic acids is 2. The summed E-state index contributed by atoms with van der Waals surface area (Å²) in [6.45, 7) is 4.29. The van der Waals surface area contributed by atoms with Crippen LogP contribution in [0, 0.1) is 5.41 Å². The van der Waals surface area contributed by atoms with E-state index in [0.29, 0.717) is 6.42 Å². The highest BCUT2D eigenvalue weighted by atomic mass is 16.2. The van der Waals surface area contributed by atoms with Crippen LogP contribution in [0.1, 0.15) is 37.7 Å². The number of hydrogen-bond acceptors (Lipinski definition) is 2. The van der Waals surface area contributed by atoms with Gasteiger partial charge in [0.1, 0.15) is 0 Å². The van der Waals surface area contributed by atoms with Crippen molar-refractivity contribution in [3.05, 3.63) is 35.9 Å². The number of carbonyl (C=O) groups is 2. The average molecular weight is 286 g/mol. The molecule has 1 unspecified atom stereocenters. The number of hydrogen-bond donors (Lipinski definition) is 1. The summed E-state index contributed by atoms with van der Waals surface area (Å²) in [7, 11) is 0. The molecule has 1 N–H and O–H groups in total. The van der Waals surface area contributed by atoms with Crippen molar-refractivity contribution in [3.63, 3.8) is 0 Å². The SMILES string of the molecule is CC(C(=O)N1CCC2(CC1)CNC(=O)C2)c1ccccc1. The van der Waals surface area contributed by atoms with E-state index in [4.69, 9.17) is 0 Å². The van der Waals surface area contributed by atoms with E-state index in [1.54, 1.807) is 0 Å². The Morgan fingerprint density at radius 3 is 2.48 bits per heavy atom. The van der Waals surface area contributed by atoms with Gasteiger partial charge in [-0.15, -0.1) is 0 Å². The first-order valence-electron chi connectivity index (χ1n) is 7.70. The predicted molar refractivity (Wildman–Crippen MR) is 80.7 cm³/mol. The fraction of sp³-hybridized carbons (Fsp3) is 0.529. The van der Waals surface area contributed by atoms with Gasteiger partial charge in [-0.2, -0.15) is 0 Å². The van der Waals surface area contributed by atoms with Crippen LogP contribution in [0.5, 0.6) is 0 Å². The molecule has 2 aliphatic rings. The minimum absolute atomic E-state index is 0.0939. The molecule has 0 radical (unpaired) electrons. The smallest absolute Gasteiger partial charge is 0.229 e. The van der Waals surface area contributed by atoms with Crippen LogP contribution in [0.2, 0.25) is 0 Å².